The summed E-state index contributed by atoms with van der Waals surface area (Å²) in [6, 6.07) is 0. The van der Waals surface area contributed by atoms with E-state index in [4.69, 9.17) is 5.73 Å². The molecule has 19 heavy (non-hydrogen) atoms. The Bertz CT molecular complexity index is 557. The molecular formula is C12H22N4O3. The third kappa shape index (κ3) is 3.37. The van der Waals surface area contributed by atoms with E-state index in [0.717, 1.165) is 4.57 Å². The van der Waals surface area contributed by atoms with Crippen LogP contribution in [0, 0.1) is 5.92 Å². The Kier molecular flexibility index (Phi) is 4.77. The number of aliphatic hydroxyl groups excluding tert-OH is 1. The highest BCUT2D eigenvalue weighted by Gasteiger charge is 2.16. The Morgan fingerprint density at radius 3 is 2.37 bits per heavy atom. The molecule has 4 N–H and O–H groups in total. The maximum atomic E-state index is 12.0. The molecule has 0 aromatic carbocycles. The summed E-state index contributed by atoms with van der Waals surface area (Å²) in [6.45, 7) is 6.14. The minimum atomic E-state index is -0.616. The lowest BCUT2D eigenvalue weighted by Crippen LogP contribution is -2.41. The maximum Gasteiger partial charge on any atom is 0.332 e. The number of hydrogen-bond acceptors (Lipinski definition) is 5. The highest BCUT2D eigenvalue weighted by Crippen LogP contribution is 2.12. The van der Waals surface area contributed by atoms with Gasteiger partial charge in [-0.1, -0.05) is 13.8 Å². The standard InChI is InChI=1S/C12H22N4O3/c1-7(2)6-16-10(13)9(14-5-8(3)17)11(18)15(4)12(16)19/h7-8,14,17H,5-6,13H2,1-4H3. The first-order valence-corrected chi connectivity index (χ1v) is 6.27. The molecule has 0 saturated carbocycles. The van der Waals surface area contributed by atoms with E-state index in [1.54, 1.807) is 6.92 Å². The monoisotopic (exact) mass is 270 g/mol. The van der Waals surface area contributed by atoms with Crippen molar-refractivity contribution in [1.82, 2.24) is 9.13 Å². The molecule has 1 unspecified atom stereocenters. The quantitative estimate of drug-likeness (QED) is 0.674. The average molecular weight is 270 g/mol. The molecule has 1 atom stereocenters. The molecule has 0 spiro atoms. The number of nitrogens with two attached hydrogens (primary N) is 1. The second-order valence-corrected chi connectivity index (χ2v) is 5.14. The van der Waals surface area contributed by atoms with E-state index in [1.165, 1.54) is 11.6 Å². The third-order valence-electron chi connectivity index (χ3n) is 2.71. The van der Waals surface area contributed by atoms with E-state index in [2.05, 4.69) is 5.32 Å². The van der Waals surface area contributed by atoms with Gasteiger partial charge in [-0.25, -0.2) is 4.79 Å². The van der Waals surface area contributed by atoms with Gasteiger partial charge in [-0.05, 0) is 12.8 Å². The van der Waals surface area contributed by atoms with Crippen molar-refractivity contribution in [3.63, 3.8) is 0 Å². The lowest BCUT2D eigenvalue weighted by Gasteiger charge is -2.17. The molecule has 108 valence electrons. The second-order valence-electron chi connectivity index (χ2n) is 5.14. The van der Waals surface area contributed by atoms with Crippen molar-refractivity contribution in [2.24, 2.45) is 13.0 Å². The molecule has 0 aliphatic rings. The first kappa shape index (κ1) is 15.3. The third-order valence-corrected chi connectivity index (χ3v) is 2.71. The van der Waals surface area contributed by atoms with E-state index in [-0.39, 0.29) is 24.0 Å². The zero-order chi connectivity index (χ0) is 14.7. The molecule has 0 saturated heterocycles. The molecular weight excluding hydrogens is 248 g/mol. The van der Waals surface area contributed by atoms with Crippen LogP contribution in [0.15, 0.2) is 9.59 Å². The number of aromatic nitrogens is 2. The minimum absolute atomic E-state index is 0.113. The summed E-state index contributed by atoms with van der Waals surface area (Å²) in [5.41, 5.74) is 5.14. The second kappa shape index (κ2) is 5.92. The number of aliphatic hydroxyl groups is 1. The maximum absolute atomic E-state index is 12.0. The number of nitrogen functional groups attached to an aromatic ring is 1. The van der Waals surface area contributed by atoms with Crippen LogP contribution < -0.4 is 22.3 Å². The van der Waals surface area contributed by atoms with Gasteiger partial charge in [0.1, 0.15) is 11.5 Å². The Morgan fingerprint density at radius 2 is 1.89 bits per heavy atom. The van der Waals surface area contributed by atoms with Gasteiger partial charge in [0, 0.05) is 20.1 Å². The van der Waals surface area contributed by atoms with E-state index in [9.17, 15) is 14.7 Å². The number of rotatable bonds is 5. The minimum Gasteiger partial charge on any atom is -0.392 e. The van der Waals surface area contributed by atoms with Crippen molar-refractivity contribution in [1.29, 1.82) is 0 Å². The molecule has 0 bridgehead atoms. The van der Waals surface area contributed by atoms with Crippen molar-refractivity contribution in [3.8, 4) is 0 Å². The molecule has 1 aromatic rings. The molecule has 1 rings (SSSR count). The number of hydrogen-bond donors (Lipinski definition) is 3. The zero-order valence-corrected chi connectivity index (χ0v) is 11.8. The van der Waals surface area contributed by atoms with Gasteiger partial charge in [-0.2, -0.15) is 0 Å². The van der Waals surface area contributed by atoms with Crippen LogP contribution in [0.3, 0.4) is 0 Å². The van der Waals surface area contributed by atoms with Crippen LogP contribution in [0.5, 0.6) is 0 Å². The number of nitrogens with one attached hydrogen (secondary N) is 1. The fourth-order valence-electron chi connectivity index (χ4n) is 1.74. The number of anilines is 2. The Hall–Kier alpha value is -1.76. The summed E-state index contributed by atoms with van der Waals surface area (Å²) in [6.07, 6.45) is -0.616. The largest absolute Gasteiger partial charge is 0.392 e. The summed E-state index contributed by atoms with van der Waals surface area (Å²) in [7, 11) is 1.41. The molecule has 7 nitrogen and oxygen atoms in total. The Balaban J connectivity index is 3.35. The van der Waals surface area contributed by atoms with E-state index in [1.807, 2.05) is 13.8 Å². The fourth-order valence-corrected chi connectivity index (χ4v) is 1.74. The van der Waals surface area contributed by atoms with Crippen LogP contribution in [-0.2, 0) is 13.6 Å². The van der Waals surface area contributed by atoms with Crippen molar-refractivity contribution in [2.45, 2.75) is 33.4 Å². The van der Waals surface area contributed by atoms with Gasteiger partial charge in [-0.15, -0.1) is 0 Å². The van der Waals surface area contributed by atoms with Gasteiger partial charge in [-0.3, -0.25) is 13.9 Å². The first-order valence-electron chi connectivity index (χ1n) is 6.27. The fraction of sp³-hybridized carbons (Fsp3) is 0.667. The van der Waals surface area contributed by atoms with Crippen LogP contribution in [0.2, 0.25) is 0 Å². The van der Waals surface area contributed by atoms with Crippen LogP contribution in [0.25, 0.3) is 0 Å². The smallest absolute Gasteiger partial charge is 0.332 e. The number of nitrogens with zero attached hydrogens (tertiary/aromatic N) is 2. The van der Waals surface area contributed by atoms with Crippen LogP contribution in [0.4, 0.5) is 11.5 Å². The highest BCUT2D eigenvalue weighted by molar-refractivity contribution is 5.60. The van der Waals surface area contributed by atoms with Crippen molar-refractivity contribution >= 4 is 11.5 Å². The topological polar surface area (TPSA) is 102 Å². The molecule has 7 heteroatoms. The molecule has 0 aliphatic heterocycles. The SMILES string of the molecule is CC(C)Cn1c(N)c(NCC(C)O)c(=O)n(C)c1=O. The molecule has 0 radical (unpaired) electrons. The molecule has 0 fully saturated rings. The Labute approximate surface area is 111 Å². The molecule has 1 aromatic heterocycles. The van der Waals surface area contributed by atoms with Crippen LogP contribution in [0.1, 0.15) is 20.8 Å². The van der Waals surface area contributed by atoms with Gasteiger partial charge in [0.2, 0.25) is 0 Å². The highest BCUT2D eigenvalue weighted by atomic mass is 16.3. The van der Waals surface area contributed by atoms with Gasteiger partial charge in [0.25, 0.3) is 5.56 Å². The molecule has 1 heterocycles. The normalized spacial score (nSPS) is 12.7. The summed E-state index contributed by atoms with van der Waals surface area (Å²) in [4.78, 5) is 24.0. The summed E-state index contributed by atoms with van der Waals surface area (Å²) < 4.78 is 2.39. The molecule has 0 aliphatic carbocycles. The molecule has 0 amide bonds. The summed E-state index contributed by atoms with van der Waals surface area (Å²) >= 11 is 0. The van der Waals surface area contributed by atoms with E-state index >= 15 is 0 Å². The van der Waals surface area contributed by atoms with Gasteiger partial charge < -0.3 is 16.2 Å². The van der Waals surface area contributed by atoms with Crippen molar-refractivity contribution in [2.75, 3.05) is 17.6 Å². The van der Waals surface area contributed by atoms with Crippen molar-refractivity contribution < 1.29 is 5.11 Å². The Morgan fingerprint density at radius 1 is 1.32 bits per heavy atom. The van der Waals surface area contributed by atoms with Gasteiger partial charge >= 0.3 is 5.69 Å². The van der Waals surface area contributed by atoms with Crippen molar-refractivity contribution in [3.05, 3.63) is 20.8 Å². The van der Waals surface area contributed by atoms with Gasteiger partial charge in [0.05, 0.1) is 6.10 Å². The lowest BCUT2D eigenvalue weighted by atomic mass is 10.2. The van der Waals surface area contributed by atoms with E-state index < -0.39 is 17.4 Å². The van der Waals surface area contributed by atoms with Gasteiger partial charge in [0.15, 0.2) is 0 Å². The van der Waals surface area contributed by atoms with E-state index in [0.29, 0.717) is 6.54 Å². The van der Waals surface area contributed by atoms with Crippen LogP contribution in [-0.4, -0.2) is 26.9 Å². The summed E-state index contributed by atoms with van der Waals surface area (Å²) in [5.74, 6) is 0.338. The predicted octanol–water partition coefficient (Wildman–Crippen LogP) is -0.422. The first-order chi connectivity index (χ1) is 8.75. The lowest BCUT2D eigenvalue weighted by molar-refractivity contribution is 0.208. The predicted molar refractivity (Wildman–Crippen MR) is 75.4 cm³/mol. The summed E-state index contributed by atoms with van der Waals surface area (Å²) in [5, 5.41) is 12.0. The average Bonchev–Trinajstić information content (AvgIpc) is 2.31. The van der Waals surface area contributed by atoms with Crippen LogP contribution >= 0.6 is 0 Å². The zero-order valence-electron chi connectivity index (χ0n) is 11.8.